The maximum Gasteiger partial charge on any atom is 0.255 e. The Hall–Kier alpha value is -1.36. The lowest BCUT2D eigenvalue weighted by molar-refractivity contribution is -0.123. The third-order valence-electron chi connectivity index (χ3n) is 2.79. The molecule has 0 bridgehead atoms. The fourth-order valence-electron chi connectivity index (χ4n) is 1.97. The van der Waals surface area contributed by atoms with E-state index in [-0.39, 0.29) is 23.9 Å². The summed E-state index contributed by atoms with van der Waals surface area (Å²) in [7, 11) is 0. The number of thiophene rings is 1. The molecular formula is C15H24N2O2S. The lowest BCUT2D eigenvalue weighted by Gasteiger charge is -2.25. The Balaban J connectivity index is 2.78. The van der Waals surface area contributed by atoms with Gasteiger partial charge in [0, 0.05) is 21.8 Å². The maximum absolute atomic E-state index is 12.5. The van der Waals surface area contributed by atoms with Crippen molar-refractivity contribution < 1.29 is 9.59 Å². The molecule has 4 nitrogen and oxygen atoms in total. The Labute approximate surface area is 125 Å². The van der Waals surface area contributed by atoms with Gasteiger partial charge in [-0.3, -0.25) is 9.59 Å². The van der Waals surface area contributed by atoms with Gasteiger partial charge in [-0.15, -0.1) is 11.3 Å². The molecule has 0 atom stereocenters. The fraction of sp³-hybridized carbons (Fsp3) is 0.600. The number of nitrogens with zero attached hydrogens (tertiary/aromatic N) is 1. The predicted molar refractivity (Wildman–Crippen MR) is 83.3 cm³/mol. The standard InChI is InChI=1S/C15H24N2O2S/c1-7-17(9-13(18)16-15(4,5)6)14(19)12-8-10(2)20-11(12)3/h8H,7,9H2,1-6H3,(H,16,18). The number of amides is 2. The van der Waals surface area contributed by atoms with Crippen LogP contribution in [-0.2, 0) is 4.79 Å². The van der Waals surface area contributed by atoms with Crippen molar-refractivity contribution in [3.05, 3.63) is 21.4 Å². The summed E-state index contributed by atoms with van der Waals surface area (Å²) in [4.78, 5) is 28.1. The van der Waals surface area contributed by atoms with Crippen molar-refractivity contribution in [2.75, 3.05) is 13.1 Å². The molecule has 20 heavy (non-hydrogen) atoms. The molecule has 0 aliphatic rings. The number of likely N-dealkylation sites (N-methyl/N-ethyl adjacent to an activating group) is 1. The molecule has 5 heteroatoms. The van der Waals surface area contributed by atoms with Crippen LogP contribution in [0, 0.1) is 13.8 Å². The first-order valence-corrected chi connectivity index (χ1v) is 7.63. The number of carbonyl (C=O) groups is 2. The number of hydrogen-bond acceptors (Lipinski definition) is 3. The van der Waals surface area contributed by atoms with Crippen LogP contribution in [0.5, 0.6) is 0 Å². The molecule has 0 saturated heterocycles. The van der Waals surface area contributed by atoms with Gasteiger partial charge < -0.3 is 10.2 Å². The Morgan fingerprint density at radius 2 is 1.90 bits per heavy atom. The van der Waals surface area contributed by atoms with Crippen molar-refractivity contribution in [1.82, 2.24) is 10.2 Å². The van der Waals surface area contributed by atoms with Crippen LogP contribution in [0.25, 0.3) is 0 Å². The van der Waals surface area contributed by atoms with E-state index in [9.17, 15) is 9.59 Å². The molecule has 2 amide bonds. The molecule has 0 aromatic carbocycles. The summed E-state index contributed by atoms with van der Waals surface area (Å²) in [6, 6.07) is 1.90. The molecule has 0 unspecified atom stereocenters. The Morgan fingerprint density at radius 1 is 1.30 bits per heavy atom. The van der Waals surface area contributed by atoms with Crippen LogP contribution >= 0.6 is 11.3 Å². The first kappa shape index (κ1) is 16.7. The highest BCUT2D eigenvalue weighted by molar-refractivity contribution is 7.12. The number of rotatable bonds is 4. The third-order valence-corrected chi connectivity index (χ3v) is 3.76. The van der Waals surface area contributed by atoms with Gasteiger partial charge in [0.15, 0.2) is 0 Å². The lowest BCUT2D eigenvalue weighted by Crippen LogP contribution is -2.47. The molecule has 1 heterocycles. The van der Waals surface area contributed by atoms with E-state index in [2.05, 4.69) is 5.32 Å². The van der Waals surface area contributed by atoms with E-state index in [1.54, 1.807) is 16.2 Å². The van der Waals surface area contributed by atoms with Crippen molar-refractivity contribution >= 4 is 23.2 Å². The van der Waals surface area contributed by atoms with Crippen LogP contribution in [0.4, 0.5) is 0 Å². The zero-order valence-electron chi connectivity index (χ0n) is 13.2. The van der Waals surface area contributed by atoms with Gasteiger partial charge in [-0.2, -0.15) is 0 Å². The second-order valence-corrected chi connectivity index (χ2v) is 7.40. The van der Waals surface area contributed by atoms with Gasteiger partial charge in [-0.05, 0) is 47.6 Å². The van der Waals surface area contributed by atoms with Gasteiger partial charge in [0.05, 0.1) is 12.1 Å². The van der Waals surface area contributed by atoms with Crippen molar-refractivity contribution in [3.63, 3.8) is 0 Å². The average Bonchev–Trinajstić information content (AvgIpc) is 2.62. The van der Waals surface area contributed by atoms with E-state index >= 15 is 0 Å². The summed E-state index contributed by atoms with van der Waals surface area (Å²) in [5, 5.41) is 2.88. The predicted octanol–water partition coefficient (Wildman–Crippen LogP) is 2.74. The highest BCUT2D eigenvalue weighted by Gasteiger charge is 2.22. The molecule has 0 aliphatic heterocycles. The Kier molecular flexibility index (Phi) is 5.34. The van der Waals surface area contributed by atoms with Gasteiger partial charge in [0.1, 0.15) is 0 Å². The Morgan fingerprint density at radius 3 is 2.30 bits per heavy atom. The van der Waals surface area contributed by atoms with Crippen molar-refractivity contribution in [3.8, 4) is 0 Å². The normalized spacial score (nSPS) is 11.3. The largest absolute Gasteiger partial charge is 0.350 e. The molecule has 1 aromatic heterocycles. The van der Waals surface area contributed by atoms with Gasteiger partial charge in [-0.25, -0.2) is 0 Å². The van der Waals surface area contributed by atoms with E-state index < -0.39 is 0 Å². The molecule has 0 fully saturated rings. The van der Waals surface area contributed by atoms with Crippen LogP contribution < -0.4 is 5.32 Å². The second-order valence-electron chi connectivity index (χ2n) is 5.94. The zero-order valence-corrected chi connectivity index (χ0v) is 14.0. The minimum atomic E-state index is -0.283. The van der Waals surface area contributed by atoms with Crippen LogP contribution in [0.15, 0.2) is 6.07 Å². The van der Waals surface area contributed by atoms with Crippen LogP contribution in [0.1, 0.15) is 47.8 Å². The van der Waals surface area contributed by atoms with Gasteiger partial charge in [-0.1, -0.05) is 0 Å². The molecule has 0 aliphatic carbocycles. The number of aryl methyl sites for hydroxylation is 2. The fourth-order valence-corrected chi connectivity index (χ4v) is 2.89. The smallest absolute Gasteiger partial charge is 0.255 e. The highest BCUT2D eigenvalue weighted by Crippen LogP contribution is 2.22. The zero-order chi connectivity index (χ0) is 15.5. The van der Waals surface area contributed by atoms with E-state index in [1.165, 1.54) is 0 Å². The second kappa shape index (κ2) is 6.39. The van der Waals surface area contributed by atoms with E-state index in [4.69, 9.17) is 0 Å². The molecular weight excluding hydrogens is 272 g/mol. The van der Waals surface area contributed by atoms with Gasteiger partial charge >= 0.3 is 0 Å². The summed E-state index contributed by atoms with van der Waals surface area (Å²) < 4.78 is 0. The van der Waals surface area contributed by atoms with E-state index in [0.29, 0.717) is 12.1 Å². The highest BCUT2D eigenvalue weighted by atomic mass is 32.1. The molecule has 1 aromatic rings. The SMILES string of the molecule is CCN(CC(=O)NC(C)(C)C)C(=O)c1cc(C)sc1C. The average molecular weight is 296 g/mol. The summed E-state index contributed by atoms with van der Waals surface area (Å²) in [6.07, 6.45) is 0. The van der Waals surface area contributed by atoms with Crippen LogP contribution in [0.3, 0.4) is 0 Å². The summed E-state index contributed by atoms with van der Waals surface area (Å²) in [5.41, 5.74) is 0.423. The van der Waals surface area contributed by atoms with E-state index in [1.807, 2.05) is 47.6 Å². The van der Waals surface area contributed by atoms with Gasteiger partial charge in [0.2, 0.25) is 5.91 Å². The Bertz CT molecular complexity index is 500. The van der Waals surface area contributed by atoms with Crippen molar-refractivity contribution in [2.45, 2.75) is 47.1 Å². The quantitative estimate of drug-likeness (QED) is 0.929. The van der Waals surface area contributed by atoms with Crippen LogP contribution in [-0.4, -0.2) is 35.3 Å². The monoisotopic (exact) mass is 296 g/mol. The summed E-state index contributed by atoms with van der Waals surface area (Å²) in [5.74, 6) is -0.198. The molecule has 0 spiro atoms. The number of carbonyl (C=O) groups excluding carboxylic acids is 2. The lowest BCUT2D eigenvalue weighted by atomic mass is 10.1. The van der Waals surface area contributed by atoms with Crippen molar-refractivity contribution in [2.24, 2.45) is 0 Å². The first-order chi connectivity index (χ1) is 9.14. The van der Waals surface area contributed by atoms with Crippen molar-refractivity contribution in [1.29, 1.82) is 0 Å². The molecule has 112 valence electrons. The molecule has 0 saturated carbocycles. The summed E-state index contributed by atoms with van der Waals surface area (Å²) >= 11 is 1.61. The molecule has 0 radical (unpaired) electrons. The minimum Gasteiger partial charge on any atom is -0.350 e. The minimum absolute atomic E-state index is 0.0709. The maximum atomic E-state index is 12.5. The van der Waals surface area contributed by atoms with Crippen LogP contribution in [0.2, 0.25) is 0 Å². The number of hydrogen-bond donors (Lipinski definition) is 1. The topological polar surface area (TPSA) is 49.4 Å². The van der Waals surface area contributed by atoms with E-state index in [0.717, 1.165) is 9.75 Å². The van der Waals surface area contributed by atoms with Gasteiger partial charge in [0.25, 0.3) is 5.91 Å². The molecule has 1 rings (SSSR count). The number of nitrogens with one attached hydrogen (secondary N) is 1. The summed E-state index contributed by atoms with van der Waals surface area (Å²) in [6.45, 7) is 12.2. The third kappa shape index (κ3) is 4.63. The molecule has 1 N–H and O–H groups in total. The first-order valence-electron chi connectivity index (χ1n) is 6.81.